The second kappa shape index (κ2) is 5.53. The number of rotatable bonds is 5. The van der Waals surface area contributed by atoms with Crippen molar-refractivity contribution in [3.8, 4) is 0 Å². The Labute approximate surface area is 117 Å². The van der Waals surface area contributed by atoms with Crippen LogP contribution >= 0.6 is 11.8 Å². The molecule has 1 atom stereocenters. The van der Waals surface area contributed by atoms with Crippen molar-refractivity contribution in [1.29, 1.82) is 0 Å². The van der Waals surface area contributed by atoms with E-state index in [9.17, 15) is 9.18 Å². The number of likely N-dealkylation sites (tertiary alicyclic amines) is 1. The van der Waals surface area contributed by atoms with Crippen LogP contribution in [0.4, 0.5) is 4.39 Å². The van der Waals surface area contributed by atoms with Gasteiger partial charge in [0.2, 0.25) is 5.91 Å². The fourth-order valence-corrected chi connectivity index (χ4v) is 3.52. The van der Waals surface area contributed by atoms with Crippen LogP contribution in [0.5, 0.6) is 0 Å². The Morgan fingerprint density at radius 2 is 2.00 bits per heavy atom. The van der Waals surface area contributed by atoms with Gasteiger partial charge in [-0.2, -0.15) is 11.8 Å². The summed E-state index contributed by atoms with van der Waals surface area (Å²) in [6, 6.07) is 6.68. The summed E-state index contributed by atoms with van der Waals surface area (Å²) < 4.78 is 12.9. The van der Waals surface area contributed by atoms with Gasteiger partial charge in [-0.05, 0) is 48.6 Å². The van der Waals surface area contributed by atoms with Gasteiger partial charge in [-0.1, -0.05) is 12.1 Å². The number of thioether (sulfide) groups is 1. The maximum atomic E-state index is 12.9. The van der Waals surface area contributed by atoms with E-state index in [1.54, 1.807) is 23.9 Å². The van der Waals surface area contributed by atoms with Crippen LogP contribution in [0.15, 0.2) is 24.3 Å². The second-order valence-corrected chi connectivity index (χ2v) is 6.43. The average Bonchev–Trinajstić information content (AvgIpc) is 3.14. The summed E-state index contributed by atoms with van der Waals surface area (Å²) in [5, 5.41) is 0. The minimum atomic E-state index is -0.221. The molecule has 3 rings (SSSR count). The molecule has 2 fully saturated rings. The average molecular weight is 279 g/mol. The van der Waals surface area contributed by atoms with E-state index in [-0.39, 0.29) is 17.8 Å². The minimum absolute atomic E-state index is 0.162. The quantitative estimate of drug-likeness (QED) is 0.824. The number of halogens is 1. The number of hydrogen-bond donors (Lipinski definition) is 0. The van der Waals surface area contributed by atoms with Gasteiger partial charge in [0, 0.05) is 6.54 Å². The second-order valence-electron chi connectivity index (χ2n) is 5.40. The molecule has 1 saturated heterocycles. The highest BCUT2D eigenvalue weighted by Crippen LogP contribution is 2.35. The maximum absolute atomic E-state index is 12.9. The topological polar surface area (TPSA) is 20.3 Å². The zero-order valence-corrected chi connectivity index (χ0v) is 11.7. The molecule has 1 aromatic carbocycles. The smallest absolute Gasteiger partial charge is 0.233 e. The van der Waals surface area contributed by atoms with Crippen molar-refractivity contribution >= 4 is 17.7 Å². The SMILES string of the molecule is O=C(CSCC1CC1)N1CCC1c1ccc(F)cc1. The molecule has 2 nitrogen and oxygen atoms in total. The van der Waals surface area contributed by atoms with E-state index >= 15 is 0 Å². The summed E-state index contributed by atoms with van der Waals surface area (Å²) in [6.07, 6.45) is 3.66. The van der Waals surface area contributed by atoms with Crippen LogP contribution in [0.1, 0.15) is 30.9 Å². The number of carbonyl (C=O) groups excluding carboxylic acids is 1. The summed E-state index contributed by atoms with van der Waals surface area (Å²) in [7, 11) is 0. The monoisotopic (exact) mass is 279 g/mol. The molecule has 1 unspecified atom stereocenters. The molecule has 4 heteroatoms. The summed E-state index contributed by atoms with van der Waals surface area (Å²) in [5.41, 5.74) is 1.05. The molecule has 0 radical (unpaired) electrons. The molecule has 102 valence electrons. The fourth-order valence-electron chi connectivity index (χ4n) is 2.40. The highest BCUT2D eigenvalue weighted by atomic mass is 32.2. The first kappa shape index (κ1) is 13.0. The highest BCUT2D eigenvalue weighted by Gasteiger charge is 2.33. The van der Waals surface area contributed by atoms with Gasteiger partial charge >= 0.3 is 0 Å². The first-order valence-corrected chi connectivity index (χ1v) is 8.02. The summed E-state index contributed by atoms with van der Waals surface area (Å²) >= 11 is 1.76. The van der Waals surface area contributed by atoms with E-state index in [1.807, 2.05) is 4.90 Å². The molecule has 1 amide bonds. The Morgan fingerprint density at radius 1 is 1.26 bits per heavy atom. The Balaban J connectivity index is 1.52. The van der Waals surface area contributed by atoms with E-state index in [0.717, 1.165) is 30.2 Å². The molecule has 1 aliphatic carbocycles. The van der Waals surface area contributed by atoms with Crippen LogP contribution < -0.4 is 0 Å². The van der Waals surface area contributed by atoms with E-state index in [1.165, 1.54) is 25.0 Å². The third-order valence-corrected chi connectivity index (χ3v) is 5.03. The molecule has 0 aromatic heterocycles. The van der Waals surface area contributed by atoms with Crippen LogP contribution in [-0.2, 0) is 4.79 Å². The fraction of sp³-hybridized carbons (Fsp3) is 0.533. The highest BCUT2D eigenvalue weighted by molar-refractivity contribution is 7.99. The standard InChI is InChI=1S/C15H18FNOS/c16-13-5-3-12(4-6-13)14-7-8-17(14)15(18)10-19-9-11-1-2-11/h3-6,11,14H,1-2,7-10H2. The van der Waals surface area contributed by atoms with Gasteiger partial charge in [0.25, 0.3) is 0 Å². The Kier molecular flexibility index (Phi) is 3.78. The van der Waals surface area contributed by atoms with Crippen LogP contribution in [0.3, 0.4) is 0 Å². The van der Waals surface area contributed by atoms with Crippen molar-refractivity contribution in [3.63, 3.8) is 0 Å². The maximum Gasteiger partial charge on any atom is 0.233 e. The van der Waals surface area contributed by atoms with Crippen LogP contribution in [-0.4, -0.2) is 28.9 Å². The molecule has 0 bridgehead atoms. The molecule has 0 spiro atoms. The summed E-state index contributed by atoms with van der Waals surface area (Å²) in [4.78, 5) is 14.0. The third kappa shape index (κ3) is 3.11. The molecule has 0 N–H and O–H groups in total. The molecule has 19 heavy (non-hydrogen) atoms. The van der Waals surface area contributed by atoms with Crippen molar-refractivity contribution in [2.75, 3.05) is 18.1 Å². The molecule has 1 aliphatic heterocycles. The van der Waals surface area contributed by atoms with E-state index < -0.39 is 0 Å². The normalized spacial score (nSPS) is 22.2. The first-order chi connectivity index (χ1) is 9.24. The Bertz CT molecular complexity index is 458. The van der Waals surface area contributed by atoms with Crippen LogP contribution in [0.2, 0.25) is 0 Å². The van der Waals surface area contributed by atoms with Gasteiger partial charge in [-0.3, -0.25) is 4.79 Å². The number of benzene rings is 1. The minimum Gasteiger partial charge on any atom is -0.335 e. The number of amides is 1. The van der Waals surface area contributed by atoms with Crippen molar-refractivity contribution < 1.29 is 9.18 Å². The lowest BCUT2D eigenvalue weighted by Gasteiger charge is -2.41. The third-order valence-electron chi connectivity index (χ3n) is 3.87. The number of nitrogens with zero attached hydrogens (tertiary/aromatic N) is 1. The van der Waals surface area contributed by atoms with Gasteiger partial charge < -0.3 is 4.90 Å². The number of hydrogen-bond acceptors (Lipinski definition) is 2. The van der Waals surface area contributed by atoms with Crippen molar-refractivity contribution in [1.82, 2.24) is 4.90 Å². The first-order valence-electron chi connectivity index (χ1n) is 6.87. The van der Waals surface area contributed by atoms with Crippen molar-refractivity contribution in [2.45, 2.75) is 25.3 Å². The van der Waals surface area contributed by atoms with E-state index in [0.29, 0.717) is 5.75 Å². The van der Waals surface area contributed by atoms with E-state index in [2.05, 4.69) is 0 Å². The molecule has 2 aliphatic rings. The van der Waals surface area contributed by atoms with Crippen LogP contribution in [0, 0.1) is 11.7 Å². The summed E-state index contributed by atoms with van der Waals surface area (Å²) in [5.74, 6) is 2.59. The molecule has 1 saturated carbocycles. The van der Waals surface area contributed by atoms with Crippen molar-refractivity contribution in [2.24, 2.45) is 5.92 Å². The molecular weight excluding hydrogens is 261 g/mol. The summed E-state index contributed by atoms with van der Waals surface area (Å²) in [6.45, 7) is 0.838. The molecule has 1 aromatic rings. The van der Waals surface area contributed by atoms with Gasteiger partial charge in [-0.25, -0.2) is 4.39 Å². The van der Waals surface area contributed by atoms with Crippen LogP contribution in [0.25, 0.3) is 0 Å². The van der Waals surface area contributed by atoms with Crippen molar-refractivity contribution in [3.05, 3.63) is 35.6 Å². The predicted molar refractivity (Wildman–Crippen MR) is 75.5 cm³/mol. The lowest BCUT2D eigenvalue weighted by atomic mass is 9.95. The zero-order valence-electron chi connectivity index (χ0n) is 10.8. The lowest BCUT2D eigenvalue weighted by molar-refractivity contribution is -0.136. The Morgan fingerprint density at radius 3 is 2.58 bits per heavy atom. The molecule has 1 heterocycles. The zero-order chi connectivity index (χ0) is 13.2. The predicted octanol–water partition coefficient (Wildman–Crippen LogP) is 3.24. The largest absolute Gasteiger partial charge is 0.335 e. The molecular formula is C15H18FNOS. The van der Waals surface area contributed by atoms with E-state index in [4.69, 9.17) is 0 Å². The van der Waals surface area contributed by atoms with Gasteiger partial charge in [0.1, 0.15) is 5.82 Å². The Hall–Kier alpha value is -1.03. The van der Waals surface area contributed by atoms with Gasteiger partial charge in [-0.15, -0.1) is 0 Å². The van der Waals surface area contributed by atoms with Gasteiger partial charge in [0.15, 0.2) is 0 Å². The van der Waals surface area contributed by atoms with Gasteiger partial charge in [0.05, 0.1) is 11.8 Å². The number of carbonyl (C=O) groups is 1. The lowest BCUT2D eigenvalue weighted by Crippen LogP contribution is -2.46.